The summed E-state index contributed by atoms with van der Waals surface area (Å²) in [6.45, 7) is 1.91. The lowest BCUT2D eigenvalue weighted by Gasteiger charge is -2.29. The van der Waals surface area contributed by atoms with Gasteiger partial charge >= 0.3 is 0 Å². The first-order valence-electron chi connectivity index (χ1n) is 6.27. The van der Waals surface area contributed by atoms with Gasteiger partial charge < -0.3 is 11.1 Å². The van der Waals surface area contributed by atoms with Gasteiger partial charge in [-0.3, -0.25) is 9.69 Å². The zero-order valence-electron chi connectivity index (χ0n) is 10.9. The predicted molar refractivity (Wildman–Crippen MR) is 83.6 cm³/mol. The number of nitrogens with two attached hydrogens (primary N) is 1. The molecular formula is C13H18BrClFN3O. The molecule has 1 fully saturated rings. The number of nitrogens with zero attached hydrogens (tertiary/aromatic N) is 1. The first-order chi connectivity index (χ1) is 9.04. The van der Waals surface area contributed by atoms with Gasteiger partial charge in [0.05, 0.1) is 12.2 Å². The smallest absolute Gasteiger partial charge is 0.238 e. The number of anilines is 1. The molecular weight excluding hydrogens is 349 g/mol. The summed E-state index contributed by atoms with van der Waals surface area (Å²) >= 11 is 3.17. The van der Waals surface area contributed by atoms with E-state index in [0.717, 1.165) is 25.9 Å². The minimum atomic E-state index is -0.441. The summed E-state index contributed by atoms with van der Waals surface area (Å²) in [5.41, 5.74) is 6.01. The number of carbonyl (C=O) groups is 1. The molecule has 1 aliphatic heterocycles. The van der Waals surface area contributed by atoms with Gasteiger partial charge in [-0.2, -0.15) is 0 Å². The fraction of sp³-hybridized carbons (Fsp3) is 0.462. The van der Waals surface area contributed by atoms with Gasteiger partial charge in [-0.1, -0.05) is 15.9 Å². The van der Waals surface area contributed by atoms with Crippen molar-refractivity contribution >= 4 is 39.9 Å². The maximum atomic E-state index is 13.6. The molecule has 1 aliphatic rings. The molecule has 3 N–H and O–H groups in total. The van der Waals surface area contributed by atoms with Crippen LogP contribution in [0, 0.1) is 5.82 Å². The molecule has 0 atom stereocenters. The van der Waals surface area contributed by atoms with Crippen LogP contribution in [-0.2, 0) is 4.79 Å². The van der Waals surface area contributed by atoms with Crippen LogP contribution in [-0.4, -0.2) is 36.5 Å². The summed E-state index contributed by atoms with van der Waals surface area (Å²) in [6.07, 6.45) is 1.81. The Morgan fingerprint density at radius 2 is 2.10 bits per heavy atom. The molecule has 1 aromatic rings. The Labute approximate surface area is 132 Å². The van der Waals surface area contributed by atoms with E-state index in [9.17, 15) is 9.18 Å². The minimum absolute atomic E-state index is 0. The number of benzene rings is 1. The second-order valence-electron chi connectivity index (χ2n) is 4.79. The lowest BCUT2D eigenvalue weighted by Crippen LogP contribution is -2.43. The third kappa shape index (κ3) is 5.01. The minimum Gasteiger partial charge on any atom is -0.328 e. The van der Waals surface area contributed by atoms with E-state index in [1.807, 2.05) is 4.90 Å². The first kappa shape index (κ1) is 17.4. The number of nitrogens with one attached hydrogen (secondary N) is 1. The van der Waals surface area contributed by atoms with Gasteiger partial charge in [0.15, 0.2) is 0 Å². The van der Waals surface area contributed by atoms with Gasteiger partial charge in [-0.25, -0.2) is 4.39 Å². The van der Waals surface area contributed by atoms with Crippen molar-refractivity contribution in [2.75, 3.05) is 25.0 Å². The zero-order valence-corrected chi connectivity index (χ0v) is 13.3. The van der Waals surface area contributed by atoms with E-state index in [0.29, 0.717) is 4.47 Å². The highest BCUT2D eigenvalue weighted by atomic mass is 79.9. The average molecular weight is 367 g/mol. The highest BCUT2D eigenvalue weighted by Crippen LogP contribution is 2.19. The van der Waals surface area contributed by atoms with E-state index in [1.165, 1.54) is 6.07 Å². The molecule has 0 aliphatic carbocycles. The fourth-order valence-corrected chi connectivity index (χ4v) is 2.43. The van der Waals surface area contributed by atoms with Crippen molar-refractivity contribution in [3.8, 4) is 0 Å². The molecule has 0 radical (unpaired) electrons. The molecule has 0 aromatic heterocycles. The van der Waals surface area contributed by atoms with Crippen LogP contribution in [0.2, 0.25) is 0 Å². The van der Waals surface area contributed by atoms with Gasteiger partial charge in [0.2, 0.25) is 5.91 Å². The molecule has 0 unspecified atom stereocenters. The highest BCUT2D eigenvalue weighted by molar-refractivity contribution is 9.10. The Morgan fingerprint density at radius 1 is 1.45 bits per heavy atom. The summed E-state index contributed by atoms with van der Waals surface area (Å²) in [5, 5.41) is 2.59. The summed E-state index contributed by atoms with van der Waals surface area (Å²) in [7, 11) is 0. The lowest BCUT2D eigenvalue weighted by molar-refractivity contribution is -0.117. The SMILES string of the molecule is Cl.NC1CCN(CC(=O)Nc2ccc(Br)cc2F)CC1. The topological polar surface area (TPSA) is 58.4 Å². The van der Waals surface area contributed by atoms with Crippen LogP contribution in [0.3, 0.4) is 0 Å². The molecule has 20 heavy (non-hydrogen) atoms. The lowest BCUT2D eigenvalue weighted by atomic mass is 10.1. The van der Waals surface area contributed by atoms with Crippen molar-refractivity contribution in [2.45, 2.75) is 18.9 Å². The largest absolute Gasteiger partial charge is 0.328 e. The van der Waals surface area contributed by atoms with Crippen molar-refractivity contribution in [3.05, 3.63) is 28.5 Å². The van der Waals surface area contributed by atoms with Gasteiger partial charge in [0.25, 0.3) is 0 Å². The maximum absolute atomic E-state index is 13.6. The predicted octanol–water partition coefficient (Wildman–Crippen LogP) is 2.37. The number of likely N-dealkylation sites (tertiary alicyclic amines) is 1. The fourth-order valence-electron chi connectivity index (χ4n) is 2.09. The number of hydrogen-bond donors (Lipinski definition) is 2. The maximum Gasteiger partial charge on any atom is 0.238 e. The molecule has 0 spiro atoms. The van der Waals surface area contributed by atoms with E-state index in [-0.39, 0.29) is 36.6 Å². The van der Waals surface area contributed by atoms with Crippen LogP contribution in [0.25, 0.3) is 0 Å². The second-order valence-corrected chi connectivity index (χ2v) is 5.70. The van der Waals surface area contributed by atoms with Gasteiger partial charge in [-0.05, 0) is 31.0 Å². The quantitative estimate of drug-likeness (QED) is 0.863. The molecule has 112 valence electrons. The van der Waals surface area contributed by atoms with Crippen molar-refractivity contribution in [3.63, 3.8) is 0 Å². The van der Waals surface area contributed by atoms with Gasteiger partial charge in [0, 0.05) is 23.6 Å². The Balaban J connectivity index is 0.00000200. The van der Waals surface area contributed by atoms with E-state index in [2.05, 4.69) is 21.2 Å². The molecule has 1 amide bonds. The standard InChI is InChI=1S/C13H17BrFN3O.ClH/c14-9-1-2-12(11(15)7-9)17-13(19)8-18-5-3-10(16)4-6-18;/h1-2,7,10H,3-6,8,16H2,(H,17,19);1H. The van der Waals surface area contributed by atoms with E-state index in [1.54, 1.807) is 12.1 Å². The van der Waals surface area contributed by atoms with E-state index in [4.69, 9.17) is 5.73 Å². The highest BCUT2D eigenvalue weighted by Gasteiger charge is 2.18. The number of hydrogen-bond acceptors (Lipinski definition) is 3. The Kier molecular flexibility index (Phi) is 6.88. The zero-order chi connectivity index (χ0) is 13.8. The number of rotatable bonds is 3. The monoisotopic (exact) mass is 365 g/mol. The molecule has 1 saturated heterocycles. The molecule has 2 rings (SSSR count). The number of piperidine rings is 1. The number of carbonyl (C=O) groups excluding carboxylic acids is 1. The molecule has 0 saturated carbocycles. The first-order valence-corrected chi connectivity index (χ1v) is 7.07. The van der Waals surface area contributed by atoms with Gasteiger partial charge in [-0.15, -0.1) is 12.4 Å². The van der Waals surface area contributed by atoms with Crippen LogP contribution in [0.1, 0.15) is 12.8 Å². The summed E-state index contributed by atoms with van der Waals surface area (Å²) < 4.78 is 14.2. The Morgan fingerprint density at radius 3 is 2.70 bits per heavy atom. The van der Waals surface area contributed by atoms with Crippen molar-refractivity contribution in [1.82, 2.24) is 4.90 Å². The number of amides is 1. The third-order valence-electron chi connectivity index (χ3n) is 3.20. The van der Waals surface area contributed by atoms with Crippen LogP contribution in [0.5, 0.6) is 0 Å². The van der Waals surface area contributed by atoms with Crippen LogP contribution in [0.4, 0.5) is 10.1 Å². The van der Waals surface area contributed by atoms with E-state index < -0.39 is 5.82 Å². The molecule has 0 bridgehead atoms. The Bertz CT molecular complexity index is 467. The van der Waals surface area contributed by atoms with E-state index >= 15 is 0 Å². The Hall–Kier alpha value is -0.690. The van der Waals surface area contributed by atoms with Crippen molar-refractivity contribution < 1.29 is 9.18 Å². The number of halogens is 3. The average Bonchev–Trinajstić information content (AvgIpc) is 2.36. The van der Waals surface area contributed by atoms with Gasteiger partial charge in [0.1, 0.15) is 5.82 Å². The van der Waals surface area contributed by atoms with Crippen LogP contribution < -0.4 is 11.1 Å². The molecule has 1 heterocycles. The summed E-state index contributed by atoms with van der Waals surface area (Å²) in [6, 6.07) is 4.81. The third-order valence-corrected chi connectivity index (χ3v) is 3.70. The second kappa shape index (κ2) is 7.93. The molecule has 7 heteroatoms. The summed E-state index contributed by atoms with van der Waals surface area (Å²) in [5.74, 6) is -0.639. The van der Waals surface area contributed by atoms with Crippen molar-refractivity contribution in [1.29, 1.82) is 0 Å². The van der Waals surface area contributed by atoms with Crippen LogP contribution in [0.15, 0.2) is 22.7 Å². The van der Waals surface area contributed by atoms with Crippen molar-refractivity contribution in [2.24, 2.45) is 5.73 Å². The van der Waals surface area contributed by atoms with Crippen LogP contribution >= 0.6 is 28.3 Å². The molecule has 1 aromatic carbocycles. The summed E-state index contributed by atoms with van der Waals surface area (Å²) in [4.78, 5) is 13.9. The normalized spacial score (nSPS) is 16.6. The molecule has 4 nitrogen and oxygen atoms in total.